The normalized spacial score (nSPS) is 12.0. The fourth-order valence-electron chi connectivity index (χ4n) is 1.47. The summed E-state index contributed by atoms with van der Waals surface area (Å²) in [5.74, 6) is 0.846. The highest BCUT2D eigenvalue weighted by molar-refractivity contribution is 4.58. The Kier molecular flexibility index (Phi) is 9.12. The molecule has 0 aromatic carbocycles. The van der Waals surface area contributed by atoms with Crippen molar-refractivity contribution in [2.24, 2.45) is 5.92 Å². The predicted molar refractivity (Wildman–Crippen MR) is 69.3 cm³/mol. The highest BCUT2D eigenvalue weighted by atomic mass is 15.1. The summed E-state index contributed by atoms with van der Waals surface area (Å²) in [5, 5.41) is 3.51. The van der Waals surface area contributed by atoms with Crippen LogP contribution in [0.3, 0.4) is 0 Å². The van der Waals surface area contributed by atoms with Crippen LogP contribution in [0.25, 0.3) is 0 Å². The molecule has 0 heterocycles. The SMILES string of the molecule is CC(C)CCCNCCCN(C)C(C)C. The van der Waals surface area contributed by atoms with E-state index in [1.165, 1.54) is 32.4 Å². The first-order chi connectivity index (χ1) is 7.04. The van der Waals surface area contributed by atoms with Crippen LogP contribution in [0, 0.1) is 5.92 Å². The van der Waals surface area contributed by atoms with Crippen LogP contribution in [0.5, 0.6) is 0 Å². The Bertz CT molecular complexity index is 132. The molecule has 0 rings (SSSR count). The van der Waals surface area contributed by atoms with Gasteiger partial charge < -0.3 is 10.2 Å². The molecule has 0 aromatic rings. The van der Waals surface area contributed by atoms with Gasteiger partial charge in [0, 0.05) is 6.04 Å². The van der Waals surface area contributed by atoms with Gasteiger partial charge in [0.2, 0.25) is 0 Å². The Morgan fingerprint density at radius 3 is 2.13 bits per heavy atom. The number of nitrogens with one attached hydrogen (secondary N) is 1. The molecule has 15 heavy (non-hydrogen) atoms. The summed E-state index contributed by atoms with van der Waals surface area (Å²) in [6, 6.07) is 0.672. The van der Waals surface area contributed by atoms with Gasteiger partial charge in [-0.25, -0.2) is 0 Å². The van der Waals surface area contributed by atoms with Gasteiger partial charge in [0.05, 0.1) is 0 Å². The van der Waals surface area contributed by atoms with Gasteiger partial charge in [-0.15, -0.1) is 0 Å². The molecule has 0 saturated carbocycles. The van der Waals surface area contributed by atoms with Crippen molar-refractivity contribution in [2.45, 2.75) is 53.0 Å². The maximum atomic E-state index is 3.51. The van der Waals surface area contributed by atoms with Gasteiger partial charge in [-0.3, -0.25) is 0 Å². The second-order valence-corrected chi connectivity index (χ2v) is 5.21. The zero-order valence-electron chi connectivity index (χ0n) is 11.3. The Hall–Kier alpha value is -0.0800. The van der Waals surface area contributed by atoms with Gasteiger partial charge in [-0.1, -0.05) is 13.8 Å². The van der Waals surface area contributed by atoms with Crippen LogP contribution in [0.4, 0.5) is 0 Å². The van der Waals surface area contributed by atoms with E-state index < -0.39 is 0 Å². The first-order valence-electron chi connectivity index (χ1n) is 6.45. The maximum absolute atomic E-state index is 3.51. The minimum absolute atomic E-state index is 0.672. The third kappa shape index (κ3) is 10.2. The standard InChI is InChI=1S/C13H30N2/c1-12(2)8-6-9-14-10-7-11-15(5)13(3)4/h12-14H,6-11H2,1-5H3. The van der Waals surface area contributed by atoms with E-state index >= 15 is 0 Å². The molecular formula is C13H30N2. The Balaban J connectivity index is 3.11. The van der Waals surface area contributed by atoms with E-state index in [-0.39, 0.29) is 0 Å². The van der Waals surface area contributed by atoms with E-state index in [4.69, 9.17) is 0 Å². The maximum Gasteiger partial charge on any atom is 0.00355 e. The van der Waals surface area contributed by atoms with E-state index in [0.29, 0.717) is 6.04 Å². The van der Waals surface area contributed by atoms with Crippen molar-refractivity contribution in [1.82, 2.24) is 10.2 Å². The van der Waals surface area contributed by atoms with Crippen LogP contribution in [0.1, 0.15) is 47.0 Å². The Morgan fingerprint density at radius 1 is 1.00 bits per heavy atom. The van der Waals surface area contributed by atoms with Gasteiger partial charge in [0.15, 0.2) is 0 Å². The summed E-state index contributed by atoms with van der Waals surface area (Å²) in [7, 11) is 2.20. The molecular weight excluding hydrogens is 184 g/mol. The molecule has 0 bridgehead atoms. The molecule has 2 nitrogen and oxygen atoms in total. The third-order valence-corrected chi connectivity index (χ3v) is 2.88. The van der Waals surface area contributed by atoms with Crippen LogP contribution < -0.4 is 5.32 Å². The van der Waals surface area contributed by atoms with Crippen molar-refractivity contribution >= 4 is 0 Å². The number of hydrogen-bond acceptors (Lipinski definition) is 2. The topological polar surface area (TPSA) is 15.3 Å². The molecule has 0 unspecified atom stereocenters. The molecule has 2 heteroatoms. The second kappa shape index (κ2) is 9.17. The van der Waals surface area contributed by atoms with E-state index in [9.17, 15) is 0 Å². The van der Waals surface area contributed by atoms with E-state index in [0.717, 1.165) is 12.5 Å². The van der Waals surface area contributed by atoms with Crippen molar-refractivity contribution in [3.63, 3.8) is 0 Å². The van der Waals surface area contributed by atoms with Gasteiger partial charge in [0.25, 0.3) is 0 Å². The quantitative estimate of drug-likeness (QED) is 0.594. The summed E-state index contributed by atoms with van der Waals surface area (Å²) < 4.78 is 0. The summed E-state index contributed by atoms with van der Waals surface area (Å²) in [5.41, 5.74) is 0. The summed E-state index contributed by atoms with van der Waals surface area (Å²) in [4.78, 5) is 2.40. The smallest absolute Gasteiger partial charge is 0.00355 e. The van der Waals surface area contributed by atoms with Crippen LogP contribution in [0.2, 0.25) is 0 Å². The lowest BCUT2D eigenvalue weighted by molar-refractivity contribution is 0.269. The van der Waals surface area contributed by atoms with Gasteiger partial charge in [-0.05, 0) is 65.7 Å². The van der Waals surface area contributed by atoms with Crippen molar-refractivity contribution in [1.29, 1.82) is 0 Å². The molecule has 0 aliphatic carbocycles. The lowest BCUT2D eigenvalue weighted by Crippen LogP contribution is -2.29. The molecule has 0 spiro atoms. The van der Waals surface area contributed by atoms with E-state index in [1.807, 2.05) is 0 Å². The molecule has 0 fully saturated rings. The summed E-state index contributed by atoms with van der Waals surface area (Å²) in [6.07, 6.45) is 3.92. The lowest BCUT2D eigenvalue weighted by Gasteiger charge is -2.20. The third-order valence-electron chi connectivity index (χ3n) is 2.88. The molecule has 0 amide bonds. The molecule has 92 valence electrons. The summed E-state index contributed by atoms with van der Waals surface area (Å²) >= 11 is 0. The zero-order valence-corrected chi connectivity index (χ0v) is 11.3. The highest BCUT2D eigenvalue weighted by Crippen LogP contribution is 2.01. The molecule has 0 atom stereocenters. The molecule has 0 aliphatic heterocycles. The minimum atomic E-state index is 0.672. The van der Waals surface area contributed by atoms with E-state index in [1.54, 1.807) is 0 Å². The van der Waals surface area contributed by atoms with Crippen LogP contribution in [-0.2, 0) is 0 Å². The van der Waals surface area contributed by atoms with Gasteiger partial charge >= 0.3 is 0 Å². The van der Waals surface area contributed by atoms with Crippen LogP contribution >= 0.6 is 0 Å². The first kappa shape index (κ1) is 14.9. The highest BCUT2D eigenvalue weighted by Gasteiger charge is 2.01. The average molecular weight is 214 g/mol. The summed E-state index contributed by atoms with van der Waals surface area (Å²) in [6.45, 7) is 12.6. The first-order valence-corrected chi connectivity index (χ1v) is 6.45. The molecule has 0 aliphatic rings. The predicted octanol–water partition coefficient (Wildman–Crippen LogP) is 2.74. The lowest BCUT2D eigenvalue weighted by atomic mass is 10.1. The molecule has 0 radical (unpaired) electrons. The van der Waals surface area contributed by atoms with E-state index in [2.05, 4.69) is 45.0 Å². The van der Waals surface area contributed by atoms with Crippen LogP contribution in [0.15, 0.2) is 0 Å². The van der Waals surface area contributed by atoms with Gasteiger partial charge in [0.1, 0.15) is 0 Å². The number of nitrogens with zero attached hydrogens (tertiary/aromatic N) is 1. The molecule has 0 aromatic heterocycles. The Morgan fingerprint density at radius 2 is 1.60 bits per heavy atom. The zero-order chi connectivity index (χ0) is 11.7. The number of hydrogen-bond donors (Lipinski definition) is 1. The molecule has 1 N–H and O–H groups in total. The largest absolute Gasteiger partial charge is 0.317 e. The second-order valence-electron chi connectivity index (χ2n) is 5.21. The van der Waals surface area contributed by atoms with Crippen molar-refractivity contribution in [3.8, 4) is 0 Å². The number of rotatable bonds is 9. The van der Waals surface area contributed by atoms with Gasteiger partial charge in [-0.2, -0.15) is 0 Å². The van der Waals surface area contributed by atoms with Crippen LogP contribution in [-0.4, -0.2) is 37.6 Å². The fourth-order valence-corrected chi connectivity index (χ4v) is 1.47. The van der Waals surface area contributed by atoms with Crippen molar-refractivity contribution < 1.29 is 0 Å². The average Bonchev–Trinajstić information content (AvgIpc) is 2.15. The van der Waals surface area contributed by atoms with Crippen molar-refractivity contribution in [3.05, 3.63) is 0 Å². The Labute approximate surface area is 96.4 Å². The van der Waals surface area contributed by atoms with Crippen molar-refractivity contribution in [2.75, 3.05) is 26.7 Å². The fraction of sp³-hybridized carbons (Fsp3) is 1.00. The monoisotopic (exact) mass is 214 g/mol. The molecule has 0 saturated heterocycles. The minimum Gasteiger partial charge on any atom is -0.317 e.